The van der Waals surface area contributed by atoms with Gasteiger partial charge in [-0.2, -0.15) is 8.42 Å². The van der Waals surface area contributed by atoms with Gasteiger partial charge in [0.25, 0.3) is 10.1 Å². The second kappa shape index (κ2) is 14.6. The molecule has 0 saturated carbocycles. The van der Waals surface area contributed by atoms with Crippen LogP contribution in [0.15, 0.2) is 29.2 Å². The summed E-state index contributed by atoms with van der Waals surface area (Å²) >= 11 is 0. The van der Waals surface area contributed by atoms with Crippen molar-refractivity contribution in [3.63, 3.8) is 0 Å². The van der Waals surface area contributed by atoms with Gasteiger partial charge in [0.15, 0.2) is 0 Å². The first kappa shape index (κ1) is 24.3. The number of nitrogens with two attached hydrogens (primary N) is 1. The maximum atomic E-state index is 10.5. The maximum Gasteiger partial charge on any atom is 0.294 e. The lowest BCUT2D eigenvalue weighted by Crippen LogP contribution is -1.97. The third-order valence-corrected chi connectivity index (χ3v) is 4.24. The summed E-state index contributed by atoms with van der Waals surface area (Å²) in [6.07, 6.45) is 11.0. The van der Waals surface area contributed by atoms with Crippen molar-refractivity contribution in [3.05, 3.63) is 29.8 Å². The zero-order chi connectivity index (χ0) is 16.8. The van der Waals surface area contributed by atoms with Crippen molar-refractivity contribution >= 4 is 10.1 Å². The van der Waals surface area contributed by atoms with Gasteiger partial charge in [-0.15, -0.1) is 0 Å². The van der Waals surface area contributed by atoms with Crippen LogP contribution in [0.2, 0.25) is 0 Å². The average molecular weight is 347 g/mol. The van der Waals surface area contributed by atoms with Crippen molar-refractivity contribution < 1.29 is 13.0 Å². The van der Waals surface area contributed by atoms with Crippen molar-refractivity contribution in [1.82, 2.24) is 6.15 Å². The Morgan fingerprint density at radius 2 is 1.35 bits per heavy atom. The van der Waals surface area contributed by atoms with E-state index in [2.05, 4.69) is 6.92 Å². The number of hydrogen-bond donors (Lipinski definition) is 3. The normalized spacial score (nSPS) is 10.4. The third kappa shape index (κ3) is 14.4. The van der Waals surface area contributed by atoms with Gasteiger partial charge in [-0.1, -0.05) is 69.6 Å². The highest BCUT2D eigenvalue weighted by molar-refractivity contribution is 7.85. The minimum Gasteiger partial charge on any atom is -0.344 e. The molecular formula is C17H34N2O3S. The zero-order valence-corrected chi connectivity index (χ0v) is 15.4. The van der Waals surface area contributed by atoms with Crippen molar-refractivity contribution in [2.75, 3.05) is 6.54 Å². The molecule has 0 heterocycles. The Balaban J connectivity index is 0. The van der Waals surface area contributed by atoms with Crippen LogP contribution in [0.25, 0.3) is 0 Å². The molecular weight excluding hydrogens is 312 g/mol. The molecule has 1 aromatic carbocycles. The lowest BCUT2D eigenvalue weighted by molar-refractivity contribution is 0.483. The Morgan fingerprint density at radius 1 is 0.913 bits per heavy atom. The van der Waals surface area contributed by atoms with Gasteiger partial charge >= 0.3 is 0 Å². The van der Waals surface area contributed by atoms with Crippen LogP contribution in [0, 0.1) is 6.92 Å². The SMILES string of the molecule is CCCCCCCCCCN.Cc1ccc(S(=O)(=O)O)cc1.N. The molecule has 6 heteroatoms. The van der Waals surface area contributed by atoms with Crippen molar-refractivity contribution in [2.45, 2.75) is 70.1 Å². The van der Waals surface area contributed by atoms with E-state index in [0.29, 0.717) is 0 Å². The van der Waals surface area contributed by atoms with E-state index in [1.165, 1.54) is 63.5 Å². The Hall–Kier alpha value is -0.950. The van der Waals surface area contributed by atoms with E-state index in [4.69, 9.17) is 10.3 Å². The molecule has 1 aromatic rings. The molecule has 0 saturated heterocycles. The maximum absolute atomic E-state index is 10.5. The molecule has 23 heavy (non-hydrogen) atoms. The van der Waals surface area contributed by atoms with Gasteiger partial charge in [-0.25, -0.2) is 0 Å². The molecule has 0 aliphatic carbocycles. The Kier molecular flexibility index (Phi) is 15.5. The molecule has 0 amide bonds. The van der Waals surface area contributed by atoms with Crippen molar-refractivity contribution in [1.29, 1.82) is 0 Å². The summed E-state index contributed by atoms with van der Waals surface area (Å²) in [5.41, 5.74) is 6.35. The van der Waals surface area contributed by atoms with Crippen LogP contribution in [-0.4, -0.2) is 19.5 Å². The van der Waals surface area contributed by atoms with E-state index in [9.17, 15) is 8.42 Å². The summed E-state index contributed by atoms with van der Waals surface area (Å²) < 4.78 is 29.6. The average Bonchev–Trinajstić information content (AvgIpc) is 2.47. The number of hydrogen-bond acceptors (Lipinski definition) is 4. The second-order valence-electron chi connectivity index (χ2n) is 5.55. The molecule has 0 fully saturated rings. The minimum atomic E-state index is -4.02. The van der Waals surface area contributed by atoms with E-state index in [1.807, 2.05) is 6.92 Å². The van der Waals surface area contributed by atoms with E-state index in [0.717, 1.165) is 12.1 Å². The molecule has 0 aliphatic rings. The first-order valence-corrected chi connectivity index (χ1v) is 9.60. The van der Waals surface area contributed by atoms with Gasteiger partial charge in [-0.05, 0) is 32.0 Å². The summed E-state index contributed by atoms with van der Waals surface area (Å²) in [4.78, 5) is -0.0666. The fraction of sp³-hybridized carbons (Fsp3) is 0.647. The molecule has 136 valence electrons. The number of unbranched alkanes of at least 4 members (excludes halogenated alkanes) is 7. The van der Waals surface area contributed by atoms with Crippen LogP contribution >= 0.6 is 0 Å². The number of rotatable bonds is 9. The smallest absolute Gasteiger partial charge is 0.294 e. The van der Waals surface area contributed by atoms with Gasteiger partial charge in [0.1, 0.15) is 0 Å². The third-order valence-electron chi connectivity index (χ3n) is 3.38. The molecule has 0 spiro atoms. The monoisotopic (exact) mass is 346 g/mol. The summed E-state index contributed by atoms with van der Waals surface area (Å²) in [6, 6.07) is 5.99. The summed E-state index contributed by atoms with van der Waals surface area (Å²) in [5, 5.41) is 0. The first-order chi connectivity index (χ1) is 10.4. The van der Waals surface area contributed by atoms with Crippen molar-refractivity contribution in [2.24, 2.45) is 5.73 Å². The summed E-state index contributed by atoms with van der Waals surface area (Å²) in [7, 11) is -4.02. The van der Waals surface area contributed by atoms with Crippen LogP contribution in [0.4, 0.5) is 0 Å². The highest BCUT2D eigenvalue weighted by Crippen LogP contribution is 2.08. The van der Waals surface area contributed by atoms with E-state index in [-0.39, 0.29) is 11.0 Å². The predicted molar refractivity (Wildman–Crippen MR) is 97.7 cm³/mol. The standard InChI is InChI=1S/C10H23N.C7H8O3S.H3N/c1-2-3-4-5-6-7-8-9-10-11;1-6-2-4-7(5-3-6)11(8,9)10;/h2-11H2,1H3;2-5H,1H3,(H,8,9,10);1H3. The Labute approximate surface area is 142 Å². The minimum absolute atomic E-state index is 0. The summed E-state index contributed by atoms with van der Waals surface area (Å²) in [5.74, 6) is 0. The molecule has 6 N–H and O–H groups in total. The van der Waals surface area contributed by atoms with Crippen LogP contribution < -0.4 is 11.9 Å². The molecule has 0 aromatic heterocycles. The van der Waals surface area contributed by atoms with Gasteiger partial charge < -0.3 is 11.9 Å². The van der Waals surface area contributed by atoms with Crippen LogP contribution in [-0.2, 0) is 10.1 Å². The molecule has 0 bridgehead atoms. The topological polar surface area (TPSA) is 115 Å². The summed E-state index contributed by atoms with van der Waals surface area (Å²) in [6.45, 7) is 4.97. The van der Waals surface area contributed by atoms with Gasteiger partial charge in [0, 0.05) is 0 Å². The zero-order valence-electron chi connectivity index (χ0n) is 14.6. The fourth-order valence-electron chi connectivity index (χ4n) is 1.99. The predicted octanol–water partition coefficient (Wildman–Crippen LogP) is 4.49. The Bertz CT molecular complexity index is 465. The van der Waals surface area contributed by atoms with Gasteiger partial charge in [0.05, 0.1) is 4.90 Å². The lowest BCUT2D eigenvalue weighted by Gasteiger charge is -1.99. The number of aryl methyl sites for hydroxylation is 1. The van der Waals surface area contributed by atoms with Gasteiger partial charge in [-0.3, -0.25) is 4.55 Å². The fourth-order valence-corrected chi connectivity index (χ4v) is 2.47. The molecule has 0 atom stereocenters. The van der Waals surface area contributed by atoms with Gasteiger partial charge in [0.2, 0.25) is 0 Å². The van der Waals surface area contributed by atoms with Crippen molar-refractivity contribution in [3.8, 4) is 0 Å². The van der Waals surface area contributed by atoms with E-state index in [1.54, 1.807) is 12.1 Å². The van der Waals surface area contributed by atoms with E-state index < -0.39 is 10.1 Å². The molecule has 1 rings (SSSR count). The largest absolute Gasteiger partial charge is 0.344 e. The molecule has 5 nitrogen and oxygen atoms in total. The van der Waals surface area contributed by atoms with Crippen LogP contribution in [0.5, 0.6) is 0 Å². The van der Waals surface area contributed by atoms with Crippen LogP contribution in [0.3, 0.4) is 0 Å². The lowest BCUT2D eigenvalue weighted by atomic mass is 10.1. The number of benzene rings is 1. The molecule has 0 radical (unpaired) electrons. The first-order valence-electron chi connectivity index (χ1n) is 8.16. The molecule has 0 unspecified atom stereocenters. The Morgan fingerprint density at radius 3 is 1.74 bits per heavy atom. The second-order valence-corrected chi connectivity index (χ2v) is 6.97. The molecule has 0 aliphatic heterocycles. The quantitative estimate of drug-likeness (QED) is 0.450. The van der Waals surface area contributed by atoms with E-state index >= 15 is 0 Å². The van der Waals surface area contributed by atoms with Crippen LogP contribution in [0.1, 0.15) is 63.9 Å². The highest BCUT2D eigenvalue weighted by atomic mass is 32.2. The highest BCUT2D eigenvalue weighted by Gasteiger charge is 2.06.